The Morgan fingerprint density at radius 3 is 1.41 bits per heavy atom. The zero-order valence-electron chi connectivity index (χ0n) is 28.2. The summed E-state index contributed by atoms with van der Waals surface area (Å²) in [6, 6.07) is 0. The van der Waals surface area contributed by atoms with Gasteiger partial charge in [0.25, 0.3) is 0 Å². The predicted molar refractivity (Wildman–Crippen MR) is 176 cm³/mol. The minimum atomic E-state index is -0.433. The number of fused-ring (bicyclic) bond motifs is 2. The smallest absolute Gasteiger partial charge is 0.339 e. The van der Waals surface area contributed by atoms with Crippen molar-refractivity contribution in [3.8, 4) is 0 Å². The number of ether oxygens (including phenoxy) is 2. The van der Waals surface area contributed by atoms with Crippen LogP contribution in [0.1, 0.15) is 106 Å². The molecule has 0 aromatic heterocycles. The summed E-state index contributed by atoms with van der Waals surface area (Å²) < 4.78 is 11.1. The van der Waals surface area contributed by atoms with Crippen LogP contribution in [0.5, 0.6) is 0 Å². The molecule has 4 heteroatoms. The third-order valence-electron chi connectivity index (χ3n) is 13.4. The third-order valence-corrected chi connectivity index (χ3v) is 13.4. The molecule has 0 amide bonds. The fraction of sp³-hybridized carbons (Fsp3) is 0.650. The highest BCUT2D eigenvalue weighted by Gasteiger charge is 2.53. The van der Waals surface area contributed by atoms with Crippen molar-refractivity contribution in [3.63, 3.8) is 0 Å². The molecule has 6 aliphatic rings. The lowest BCUT2D eigenvalue weighted by atomic mass is 9.47. The van der Waals surface area contributed by atoms with Crippen LogP contribution in [-0.4, -0.2) is 25.2 Å². The molecule has 4 fully saturated rings. The molecule has 4 saturated carbocycles. The molecule has 0 N–H and O–H groups in total. The van der Waals surface area contributed by atoms with Crippen molar-refractivity contribution in [2.75, 3.05) is 13.2 Å². The third kappa shape index (κ3) is 5.03. The van der Waals surface area contributed by atoms with Crippen LogP contribution in [0.4, 0.5) is 0 Å². The second kappa shape index (κ2) is 11.0. The second-order valence-corrected chi connectivity index (χ2v) is 16.8. The van der Waals surface area contributed by atoms with E-state index in [1.807, 2.05) is 0 Å². The van der Waals surface area contributed by atoms with Gasteiger partial charge in [-0.25, -0.2) is 9.59 Å². The van der Waals surface area contributed by atoms with E-state index in [1.165, 1.54) is 62.5 Å². The molecule has 2 heterocycles. The molecule has 2 aliphatic heterocycles. The Balaban J connectivity index is 1.33. The van der Waals surface area contributed by atoms with Gasteiger partial charge in [-0.15, -0.1) is 0 Å². The first-order valence-corrected chi connectivity index (χ1v) is 17.2. The van der Waals surface area contributed by atoms with Gasteiger partial charge < -0.3 is 9.47 Å². The van der Waals surface area contributed by atoms with Crippen LogP contribution >= 0.6 is 0 Å². The average molecular weight is 599 g/mol. The average Bonchev–Trinajstić information content (AvgIpc) is 3.47. The molecule has 0 spiro atoms. The van der Waals surface area contributed by atoms with Crippen molar-refractivity contribution in [2.24, 2.45) is 45.3 Å². The van der Waals surface area contributed by atoms with Gasteiger partial charge in [0.05, 0.1) is 11.1 Å². The van der Waals surface area contributed by atoms with Gasteiger partial charge in [-0.1, -0.05) is 103 Å². The van der Waals surface area contributed by atoms with Gasteiger partial charge in [0.2, 0.25) is 0 Å². The highest BCUT2D eigenvalue weighted by Crippen LogP contribution is 2.62. The van der Waals surface area contributed by atoms with E-state index in [0.29, 0.717) is 33.8 Å². The van der Waals surface area contributed by atoms with Crippen LogP contribution in [0, 0.1) is 45.3 Å². The van der Waals surface area contributed by atoms with Gasteiger partial charge in [-0.2, -0.15) is 0 Å². The van der Waals surface area contributed by atoms with Gasteiger partial charge in [-0.3, -0.25) is 0 Å². The van der Waals surface area contributed by atoms with E-state index in [2.05, 4.69) is 79.0 Å². The number of rotatable bonds is 5. The quantitative estimate of drug-likeness (QED) is 0.234. The zero-order valence-corrected chi connectivity index (χ0v) is 28.2. The number of esters is 2. The van der Waals surface area contributed by atoms with E-state index >= 15 is 0 Å². The molecule has 0 aromatic carbocycles. The number of allylic oxidation sites excluding steroid dienone is 4. The molecular weight excluding hydrogens is 544 g/mol. The normalized spacial score (nSPS) is 38.8. The molecular formula is C40H54O4. The molecule has 0 radical (unpaired) electrons. The van der Waals surface area contributed by atoms with E-state index in [0.717, 1.165) is 24.0 Å². The fourth-order valence-corrected chi connectivity index (χ4v) is 11.2. The van der Waals surface area contributed by atoms with E-state index in [1.54, 1.807) is 0 Å². The lowest BCUT2D eigenvalue weighted by Crippen LogP contribution is -2.48. The van der Waals surface area contributed by atoms with Crippen molar-refractivity contribution in [1.29, 1.82) is 0 Å². The largest absolute Gasteiger partial charge is 0.457 e. The molecule has 0 bridgehead atoms. The van der Waals surface area contributed by atoms with Gasteiger partial charge in [-0.05, 0) is 84.9 Å². The van der Waals surface area contributed by atoms with Gasteiger partial charge in [0, 0.05) is 23.0 Å². The van der Waals surface area contributed by atoms with Crippen LogP contribution in [0.15, 0.2) is 70.9 Å². The number of carbonyl (C=O) groups excluding carboxylic acids is 2. The Bertz CT molecular complexity index is 1290. The molecule has 44 heavy (non-hydrogen) atoms. The summed E-state index contributed by atoms with van der Waals surface area (Å²) in [5, 5.41) is 0. The van der Waals surface area contributed by atoms with Crippen molar-refractivity contribution in [1.82, 2.24) is 0 Å². The van der Waals surface area contributed by atoms with Crippen molar-refractivity contribution >= 4 is 11.9 Å². The Labute approximate surface area is 265 Å². The minimum Gasteiger partial charge on any atom is -0.457 e. The number of hydrogen-bond donors (Lipinski definition) is 0. The SMILES string of the molecule is C=C1CC[C@H]2C(C)(C)CCC[C@]2(C)[C@H]1/C=C\C1=C(C2=C(/C=C/[C@H]3C(=C)CC[C@H]4C(C)(C)CCC[C@]34C)COC2=O)C(=O)OC1. The van der Waals surface area contributed by atoms with Crippen LogP contribution in [0.2, 0.25) is 0 Å². The standard InChI is InChI=1S/C40H54O4/c1-25-11-17-31-37(3,4)19-9-21-39(31,7)29(25)15-13-27-23-43-35(41)33(27)34-28(24-44-36(34)42)14-16-30-26(2)12-18-32-38(5,6)20-10-22-40(30,32)8/h13-16,29-32H,1-2,9-12,17-24H2,3-8H3/b15-13-,16-14+/t29-,30-,31-,32-,39+,40+/m0/s1. The zero-order chi connectivity index (χ0) is 31.7. The van der Waals surface area contributed by atoms with Crippen LogP contribution in [0.3, 0.4) is 0 Å². The Kier molecular flexibility index (Phi) is 7.86. The summed E-state index contributed by atoms with van der Waals surface area (Å²) in [7, 11) is 0. The first-order valence-electron chi connectivity index (χ1n) is 17.2. The summed E-state index contributed by atoms with van der Waals surface area (Å²) >= 11 is 0. The molecule has 6 rings (SSSR count). The highest BCUT2D eigenvalue weighted by atomic mass is 16.5. The summed E-state index contributed by atoms with van der Waals surface area (Å²) in [4.78, 5) is 26.4. The van der Waals surface area contributed by atoms with E-state index in [4.69, 9.17) is 9.47 Å². The number of cyclic esters (lactones) is 2. The maximum Gasteiger partial charge on any atom is 0.339 e. The van der Waals surface area contributed by atoms with Gasteiger partial charge in [0.1, 0.15) is 13.2 Å². The maximum atomic E-state index is 13.2. The van der Waals surface area contributed by atoms with Crippen molar-refractivity contribution < 1.29 is 19.1 Å². The Morgan fingerprint density at radius 1 is 0.636 bits per heavy atom. The van der Waals surface area contributed by atoms with Crippen LogP contribution in [-0.2, 0) is 19.1 Å². The molecule has 4 aliphatic carbocycles. The maximum absolute atomic E-state index is 13.2. The first-order chi connectivity index (χ1) is 20.7. The second-order valence-electron chi connectivity index (χ2n) is 16.8. The molecule has 4 nitrogen and oxygen atoms in total. The summed E-state index contributed by atoms with van der Waals surface area (Å²) in [5.74, 6) is 0.873. The topological polar surface area (TPSA) is 52.6 Å². The molecule has 0 aromatic rings. The van der Waals surface area contributed by atoms with E-state index in [9.17, 15) is 9.59 Å². The summed E-state index contributed by atoms with van der Waals surface area (Å²) in [6.45, 7) is 24.0. The summed E-state index contributed by atoms with van der Waals surface area (Å²) in [5.41, 5.74) is 5.74. The summed E-state index contributed by atoms with van der Waals surface area (Å²) in [6.07, 6.45) is 20.5. The monoisotopic (exact) mass is 598 g/mol. The van der Waals surface area contributed by atoms with E-state index in [-0.39, 0.29) is 35.9 Å². The van der Waals surface area contributed by atoms with Crippen LogP contribution in [0.25, 0.3) is 0 Å². The lowest BCUT2D eigenvalue weighted by Gasteiger charge is -2.57. The van der Waals surface area contributed by atoms with Crippen LogP contribution < -0.4 is 0 Å². The highest BCUT2D eigenvalue weighted by molar-refractivity contribution is 6.11. The van der Waals surface area contributed by atoms with Gasteiger partial charge in [0.15, 0.2) is 0 Å². The number of carbonyl (C=O) groups is 2. The van der Waals surface area contributed by atoms with Gasteiger partial charge >= 0.3 is 11.9 Å². The molecule has 0 unspecified atom stereocenters. The number of hydrogen-bond acceptors (Lipinski definition) is 4. The van der Waals surface area contributed by atoms with Crippen molar-refractivity contribution in [2.45, 2.75) is 106 Å². The Morgan fingerprint density at radius 2 is 1.02 bits per heavy atom. The van der Waals surface area contributed by atoms with Crippen molar-refractivity contribution in [3.05, 3.63) is 70.9 Å². The lowest BCUT2D eigenvalue weighted by molar-refractivity contribution is -0.139. The molecule has 238 valence electrons. The first kappa shape index (κ1) is 31.4. The fourth-order valence-electron chi connectivity index (χ4n) is 11.2. The molecule has 6 atom stereocenters. The van der Waals surface area contributed by atoms with E-state index < -0.39 is 11.9 Å². The minimum absolute atomic E-state index is 0.140. The predicted octanol–water partition coefficient (Wildman–Crippen LogP) is 9.40. The molecule has 0 saturated heterocycles. The Hall–Kier alpha value is -2.62.